The molecule has 0 saturated carbocycles. The Morgan fingerprint density at radius 1 is 0.814 bits per heavy atom. The second-order valence-electron chi connectivity index (χ2n) is 10.3. The van der Waals surface area contributed by atoms with Crippen molar-refractivity contribution in [2.24, 2.45) is 0 Å². The van der Waals surface area contributed by atoms with Crippen molar-refractivity contribution in [3.05, 3.63) is 110 Å². The molecule has 0 radical (unpaired) electrons. The monoisotopic (exact) mass is 657 g/mol. The molecular weight excluding hydrogens is 628 g/mol. The Morgan fingerprint density at radius 2 is 1.44 bits per heavy atom. The van der Waals surface area contributed by atoms with E-state index in [2.05, 4.69) is 23.6 Å². The molecule has 1 fully saturated rings. The molecule has 0 bridgehead atoms. The lowest BCUT2D eigenvalue weighted by Crippen LogP contribution is -2.26. The zero-order valence-electron chi connectivity index (χ0n) is 23.9. The van der Waals surface area contributed by atoms with Crippen molar-refractivity contribution in [2.75, 3.05) is 25.5 Å². The van der Waals surface area contributed by atoms with Gasteiger partial charge in [-0.3, -0.25) is 4.79 Å². The maximum absolute atomic E-state index is 13.8. The average Bonchev–Trinajstić information content (AvgIpc) is 3.38. The predicted molar refractivity (Wildman–Crippen MR) is 176 cm³/mol. The van der Waals surface area contributed by atoms with Crippen LogP contribution in [0.3, 0.4) is 0 Å². The van der Waals surface area contributed by atoms with E-state index in [1.807, 2.05) is 49.3 Å². The predicted octanol–water partition coefficient (Wildman–Crippen LogP) is 9.41. The van der Waals surface area contributed by atoms with Crippen molar-refractivity contribution in [3.8, 4) is 23.0 Å². The van der Waals surface area contributed by atoms with Gasteiger partial charge in [-0.05, 0) is 87.6 Å². The molecule has 2 unspecified atom stereocenters. The molecule has 1 aliphatic rings. The lowest BCUT2D eigenvalue weighted by atomic mass is 9.93. The minimum Gasteiger partial charge on any atom is -0.457 e. The summed E-state index contributed by atoms with van der Waals surface area (Å²) < 4.78 is 12.3. The average molecular weight is 659 g/mol. The third-order valence-corrected chi connectivity index (χ3v) is 8.98. The number of amides is 1. The lowest BCUT2D eigenvalue weighted by molar-refractivity contribution is -0.118. The highest BCUT2D eigenvalue weighted by molar-refractivity contribution is 6.42. The van der Waals surface area contributed by atoms with Gasteiger partial charge in [0.15, 0.2) is 0 Å². The van der Waals surface area contributed by atoms with Crippen LogP contribution in [-0.2, 0) is 11.3 Å². The second kappa shape index (κ2) is 13.8. The topological polar surface area (TPSA) is 62.8 Å². The number of nitrogens with one attached hydrogen (secondary N) is 2. The fraction of sp³-hybridized carbons (Fsp3) is 0.242. The van der Waals surface area contributed by atoms with E-state index < -0.39 is 0 Å². The first-order valence-electron chi connectivity index (χ1n) is 13.8. The number of hydrogen-bond donors (Lipinski definition) is 2. The minimum atomic E-state index is -0.276. The molecule has 1 amide bonds. The molecule has 43 heavy (non-hydrogen) atoms. The Labute approximate surface area is 271 Å². The summed E-state index contributed by atoms with van der Waals surface area (Å²) in [7, 11) is 3.76. The summed E-state index contributed by atoms with van der Waals surface area (Å²) in [6.45, 7) is 3.21. The summed E-state index contributed by atoms with van der Waals surface area (Å²) >= 11 is 24.5. The Hall–Kier alpha value is -2.97. The Bertz CT molecular complexity index is 1650. The van der Waals surface area contributed by atoms with Gasteiger partial charge < -0.3 is 25.0 Å². The summed E-state index contributed by atoms with van der Waals surface area (Å²) in [4.78, 5) is 15.6. The van der Waals surface area contributed by atoms with Gasteiger partial charge in [0, 0.05) is 48.1 Å². The summed E-state index contributed by atoms with van der Waals surface area (Å²) in [5.74, 6) is 2.29. The van der Waals surface area contributed by atoms with Gasteiger partial charge in [-0.1, -0.05) is 52.5 Å². The number of benzene rings is 4. The number of hydrogen-bond acceptors (Lipinski definition) is 5. The van der Waals surface area contributed by atoms with Crippen LogP contribution < -0.4 is 25.0 Å². The highest BCUT2D eigenvalue weighted by Gasteiger charge is 2.34. The number of halogens is 4. The first-order chi connectivity index (χ1) is 20.7. The molecule has 1 saturated heterocycles. The molecule has 6 nitrogen and oxygen atoms in total. The fourth-order valence-electron chi connectivity index (χ4n) is 5.11. The van der Waals surface area contributed by atoms with E-state index in [-0.39, 0.29) is 17.9 Å². The van der Waals surface area contributed by atoms with E-state index in [1.165, 1.54) is 0 Å². The van der Waals surface area contributed by atoms with Crippen molar-refractivity contribution in [1.29, 1.82) is 0 Å². The Kier molecular flexibility index (Phi) is 10.1. The molecular formula is C33H31Cl4N3O3. The molecule has 4 aromatic carbocycles. The van der Waals surface area contributed by atoms with Crippen LogP contribution in [0.2, 0.25) is 20.1 Å². The molecule has 10 heteroatoms. The van der Waals surface area contributed by atoms with Gasteiger partial charge >= 0.3 is 0 Å². The highest BCUT2D eigenvalue weighted by atomic mass is 35.5. The van der Waals surface area contributed by atoms with E-state index in [4.69, 9.17) is 55.9 Å². The van der Waals surface area contributed by atoms with E-state index in [1.54, 1.807) is 36.4 Å². The number of anilines is 1. The van der Waals surface area contributed by atoms with E-state index >= 15 is 0 Å². The normalized spacial score (nSPS) is 15.6. The third-order valence-electron chi connectivity index (χ3n) is 7.50. The van der Waals surface area contributed by atoms with Gasteiger partial charge in [-0.2, -0.15) is 0 Å². The number of ether oxygens (including phenoxy) is 2. The molecule has 0 aromatic heterocycles. The molecule has 224 valence electrons. The molecule has 1 heterocycles. The van der Waals surface area contributed by atoms with Gasteiger partial charge in [0.2, 0.25) is 5.91 Å². The number of rotatable bonds is 10. The van der Waals surface area contributed by atoms with E-state index in [0.29, 0.717) is 62.6 Å². The summed E-state index contributed by atoms with van der Waals surface area (Å²) in [6.07, 6.45) is 0.697. The van der Waals surface area contributed by atoms with Crippen LogP contribution in [0, 0.1) is 0 Å². The fourth-order valence-corrected chi connectivity index (χ4v) is 5.69. The molecule has 5 rings (SSSR count). The zero-order valence-corrected chi connectivity index (χ0v) is 26.9. The van der Waals surface area contributed by atoms with Gasteiger partial charge in [0.1, 0.15) is 23.0 Å². The van der Waals surface area contributed by atoms with Crippen LogP contribution in [0.25, 0.3) is 0 Å². The van der Waals surface area contributed by atoms with Crippen molar-refractivity contribution in [3.63, 3.8) is 0 Å². The van der Waals surface area contributed by atoms with Crippen LogP contribution in [0.15, 0.2) is 72.8 Å². The second-order valence-corrected chi connectivity index (χ2v) is 11.9. The molecule has 1 aliphatic heterocycles. The highest BCUT2D eigenvalue weighted by Crippen LogP contribution is 2.39. The quantitative estimate of drug-likeness (QED) is 0.178. The van der Waals surface area contributed by atoms with Crippen molar-refractivity contribution in [1.82, 2.24) is 10.6 Å². The van der Waals surface area contributed by atoms with Crippen LogP contribution in [0.4, 0.5) is 5.69 Å². The van der Waals surface area contributed by atoms with Crippen molar-refractivity contribution in [2.45, 2.75) is 31.8 Å². The molecule has 0 aliphatic carbocycles. The number of carbonyl (C=O) groups is 1. The van der Waals surface area contributed by atoms with Gasteiger partial charge in [-0.15, -0.1) is 0 Å². The maximum atomic E-state index is 13.8. The lowest BCUT2D eigenvalue weighted by Gasteiger charge is -2.21. The largest absolute Gasteiger partial charge is 0.457 e. The van der Waals surface area contributed by atoms with Crippen LogP contribution in [0.5, 0.6) is 23.0 Å². The van der Waals surface area contributed by atoms with Crippen LogP contribution in [0.1, 0.15) is 42.0 Å². The van der Waals surface area contributed by atoms with Gasteiger partial charge in [-0.25, -0.2) is 0 Å². The number of nitrogens with zero attached hydrogens (tertiary/aromatic N) is 1. The first-order valence-corrected chi connectivity index (χ1v) is 15.4. The molecule has 0 spiro atoms. The van der Waals surface area contributed by atoms with Crippen molar-refractivity contribution < 1.29 is 14.3 Å². The first kappa shape index (κ1) is 31.5. The summed E-state index contributed by atoms with van der Waals surface area (Å²) in [5.41, 5.74) is 3.62. The minimum absolute atomic E-state index is 0.0162. The zero-order chi connectivity index (χ0) is 30.7. The standard InChI is InChI=1S/C33H31Cl4N3O3/c1-19(39-3)26-15-20(4-10-32(26)43-24-7-9-28(35)30(37)17-24)25-12-13-40(33(25)41)22-5-11-31(21(14-22)18-38-2)42-23-6-8-27(34)29(36)16-23/h4-11,14-17,19,25,38-39H,12-13,18H2,1-3H3. The SMILES string of the molecule is CNCc1cc(N2CCC(c3ccc(Oc4ccc(Cl)c(Cl)c4)c(C(C)NC)c3)C2=O)ccc1Oc1ccc(Cl)c(Cl)c1. The van der Waals surface area contributed by atoms with Crippen LogP contribution in [-0.4, -0.2) is 26.5 Å². The molecule has 2 atom stereocenters. The van der Waals surface area contributed by atoms with Gasteiger partial charge in [0.05, 0.1) is 26.0 Å². The molecule has 4 aromatic rings. The summed E-state index contributed by atoms with van der Waals surface area (Å²) in [5, 5.41) is 8.23. The Morgan fingerprint density at radius 3 is 2.05 bits per heavy atom. The smallest absolute Gasteiger partial charge is 0.234 e. The summed E-state index contributed by atoms with van der Waals surface area (Å²) in [6, 6.07) is 22.0. The van der Waals surface area contributed by atoms with E-state index in [0.717, 1.165) is 22.4 Å². The van der Waals surface area contributed by atoms with E-state index in [9.17, 15) is 4.79 Å². The van der Waals surface area contributed by atoms with Gasteiger partial charge in [0.25, 0.3) is 0 Å². The maximum Gasteiger partial charge on any atom is 0.234 e. The Balaban J connectivity index is 1.38. The van der Waals surface area contributed by atoms with Crippen molar-refractivity contribution >= 4 is 58.0 Å². The third kappa shape index (κ3) is 7.07. The van der Waals surface area contributed by atoms with Crippen LogP contribution >= 0.6 is 46.4 Å². The number of carbonyl (C=O) groups excluding carboxylic acids is 1. The molecule has 2 N–H and O–H groups in total.